The van der Waals surface area contributed by atoms with E-state index in [0.29, 0.717) is 12.0 Å². The highest BCUT2D eigenvalue weighted by Gasteiger charge is 2.06. The van der Waals surface area contributed by atoms with E-state index in [9.17, 15) is 9.18 Å². The van der Waals surface area contributed by atoms with Crippen LogP contribution in [0, 0.1) is 5.82 Å². The number of phenols is 1. The van der Waals surface area contributed by atoms with Crippen molar-refractivity contribution in [3.8, 4) is 5.75 Å². The van der Waals surface area contributed by atoms with Gasteiger partial charge in [-0.3, -0.25) is 14.8 Å². The Morgan fingerprint density at radius 2 is 2.20 bits per heavy atom. The molecule has 0 fully saturated rings. The first-order valence-corrected chi connectivity index (χ1v) is 6.14. The number of benzene rings is 1. The van der Waals surface area contributed by atoms with Crippen LogP contribution in [0.1, 0.15) is 17.7 Å². The minimum Gasteiger partial charge on any atom is -0.508 e. The highest BCUT2D eigenvalue weighted by molar-refractivity contribution is 5.76. The summed E-state index contributed by atoms with van der Waals surface area (Å²) in [6.45, 7) is 0.0887. The Labute approximate surface area is 115 Å². The third kappa shape index (κ3) is 4.01. The Bertz CT molecular complexity index is 590. The fraction of sp³-hybridized carbons (Fsp3) is 0.214. The van der Waals surface area contributed by atoms with Gasteiger partial charge in [-0.25, -0.2) is 4.39 Å². The van der Waals surface area contributed by atoms with E-state index in [1.807, 2.05) is 0 Å². The first-order valence-electron chi connectivity index (χ1n) is 6.14. The van der Waals surface area contributed by atoms with Crippen molar-refractivity contribution in [1.29, 1.82) is 0 Å². The van der Waals surface area contributed by atoms with E-state index in [1.54, 1.807) is 18.6 Å². The summed E-state index contributed by atoms with van der Waals surface area (Å²) in [6, 6.07) is 3.83. The minimum absolute atomic E-state index is 0.0887. The fourth-order valence-corrected chi connectivity index (χ4v) is 1.66. The van der Waals surface area contributed by atoms with E-state index in [0.717, 1.165) is 11.8 Å². The molecule has 0 aliphatic carbocycles. The topological polar surface area (TPSA) is 75.1 Å². The molecule has 0 saturated carbocycles. The molecule has 104 valence electrons. The first-order chi connectivity index (χ1) is 9.65. The average Bonchev–Trinajstić information content (AvgIpc) is 2.45. The second-order valence-electron chi connectivity index (χ2n) is 4.25. The van der Waals surface area contributed by atoms with Gasteiger partial charge in [0, 0.05) is 43.2 Å². The van der Waals surface area contributed by atoms with Crippen LogP contribution in [0.2, 0.25) is 0 Å². The number of carbonyl (C=O) groups excluding carboxylic acids is 1. The number of halogens is 1. The number of aryl methyl sites for hydroxylation is 1. The maximum Gasteiger partial charge on any atom is 0.220 e. The Balaban J connectivity index is 1.80. The molecule has 2 aromatic rings. The second kappa shape index (κ2) is 6.60. The number of nitrogens with one attached hydrogen (secondary N) is 1. The van der Waals surface area contributed by atoms with Gasteiger partial charge in [-0.15, -0.1) is 0 Å². The normalized spacial score (nSPS) is 10.2. The van der Waals surface area contributed by atoms with Crippen LogP contribution < -0.4 is 5.32 Å². The summed E-state index contributed by atoms with van der Waals surface area (Å²) in [4.78, 5) is 19.6. The molecule has 2 rings (SSSR count). The summed E-state index contributed by atoms with van der Waals surface area (Å²) in [5, 5.41) is 11.7. The van der Waals surface area contributed by atoms with Crippen molar-refractivity contribution < 1.29 is 14.3 Å². The Morgan fingerprint density at radius 3 is 2.90 bits per heavy atom. The summed E-state index contributed by atoms with van der Waals surface area (Å²) < 4.78 is 13.4. The van der Waals surface area contributed by atoms with E-state index in [4.69, 9.17) is 5.11 Å². The van der Waals surface area contributed by atoms with Crippen LogP contribution in [0.5, 0.6) is 5.75 Å². The highest BCUT2D eigenvalue weighted by Crippen LogP contribution is 2.14. The lowest BCUT2D eigenvalue weighted by Crippen LogP contribution is -2.23. The Morgan fingerprint density at radius 1 is 1.35 bits per heavy atom. The van der Waals surface area contributed by atoms with Gasteiger partial charge in [-0.2, -0.15) is 0 Å². The van der Waals surface area contributed by atoms with Crippen LogP contribution in [0.15, 0.2) is 36.8 Å². The number of hydrogen-bond acceptors (Lipinski definition) is 4. The first kappa shape index (κ1) is 13.9. The molecular weight excluding hydrogens is 261 g/mol. The molecule has 0 radical (unpaired) electrons. The summed E-state index contributed by atoms with van der Waals surface area (Å²) in [5.74, 6) is -0.873. The van der Waals surface area contributed by atoms with Crippen molar-refractivity contribution in [3.63, 3.8) is 0 Å². The molecule has 1 amide bonds. The van der Waals surface area contributed by atoms with E-state index in [-0.39, 0.29) is 24.6 Å². The average molecular weight is 275 g/mol. The van der Waals surface area contributed by atoms with E-state index >= 15 is 0 Å². The molecule has 0 atom stereocenters. The molecule has 0 unspecified atom stereocenters. The zero-order chi connectivity index (χ0) is 14.4. The summed E-state index contributed by atoms with van der Waals surface area (Å²) >= 11 is 0. The highest BCUT2D eigenvalue weighted by atomic mass is 19.1. The monoisotopic (exact) mass is 275 g/mol. The molecule has 6 heteroatoms. The van der Waals surface area contributed by atoms with Gasteiger partial charge in [0.2, 0.25) is 5.91 Å². The number of amides is 1. The van der Waals surface area contributed by atoms with Crippen molar-refractivity contribution in [2.75, 3.05) is 0 Å². The van der Waals surface area contributed by atoms with Crippen LogP contribution >= 0.6 is 0 Å². The molecule has 1 aromatic carbocycles. The van der Waals surface area contributed by atoms with Gasteiger partial charge in [0.25, 0.3) is 0 Å². The van der Waals surface area contributed by atoms with Crippen molar-refractivity contribution in [2.24, 2.45) is 0 Å². The number of carbonyl (C=O) groups is 1. The summed E-state index contributed by atoms with van der Waals surface area (Å²) in [6.07, 6.45) is 5.49. The molecule has 20 heavy (non-hydrogen) atoms. The molecule has 0 aliphatic rings. The standard InChI is InChI=1S/C14H14FN3O2/c15-13-7-12(19)3-1-10(13)8-18-14(20)4-2-11-9-16-5-6-17-11/h1,3,5-7,9,19H,2,4,8H2,(H,18,20). The van der Waals surface area contributed by atoms with Gasteiger partial charge in [-0.05, 0) is 12.5 Å². The third-order valence-corrected chi connectivity index (χ3v) is 2.74. The number of rotatable bonds is 5. The second-order valence-corrected chi connectivity index (χ2v) is 4.25. The summed E-state index contributed by atoms with van der Waals surface area (Å²) in [7, 11) is 0. The van der Waals surface area contributed by atoms with E-state index < -0.39 is 5.82 Å². The smallest absolute Gasteiger partial charge is 0.220 e. The molecule has 0 aliphatic heterocycles. The quantitative estimate of drug-likeness (QED) is 0.868. The predicted molar refractivity (Wildman–Crippen MR) is 70.3 cm³/mol. The zero-order valence-corrected chi connectivity index (χ0v) is 10.7. The number of aromatic hydroxyl groups is 1. The minimum atomic E-state index is -0.542. The molecule has 2 N–H and O–H groups in total. The van der Waals surface area contributed by atoms with Gasteiger partial charge >= 0.3 is 0 Å². The molecule has 0 bridgehead atoms. The molecule has 5 nitrogen and oxygen atoms in total. The maximum absolute atomic E-state index is 13.4. The molecular formula is C14H14FN3O2. The van der Waals surface area contributed by atoms with Gasteiger partial charge in [0.05, 0.1) is 5.69 Å². The lowest BCUT2D eigenvalue weighted by molar-refractivity contribution is -0.121. The zero-order valence-electron chi connectivity index (χ0n) is 10.7. The van der Waals surface area contributed by atoms with Gasteiger partial charge in [0.1, 0.15) is 11.6 Å². The van der Waals surface area contributed by atoms with Crippen molar-refractivity contribution in [1.82, 2.24) is 15.3 Å². The van der Waals surface area contributed by atoms with Crippen molar-refractivity contribution in [3.05, 3.63) is 53.9 Å². The molecule has 0 saturated heterocycles. The van der Waals surface area contributed by atoms with E-state index in [2.05, 4.69) is 15.3 Å². The van der Waals surface area contributed by atoms with E-state index in [1.165, 1.54) is 12.1 Å². The largest absolute Gasteiger partial charge is 0.508 e. The fourth-order valence-electron chi connectivity index (χ4n) is 1.66. The van der Waals surface area contributed by atoms with Crippen LogP contribution in [-0.2, 0) is 17.8 Å². The lowest BCUT2D eigenvalue weighted by atomic mass is 10.2. The number of aromatic nitrogens is 2. The Kier molecular flexibility index (Phi) is 4.60. The van der Waals surface area contributed by atoms with Crippen molar-refractivity contribution >= 4 is 5.91 Å². The van der Waals surface area contributed by atoms with Crippen LogP contribution in [-0.4, -0.2) is 21.0 Å². The summed E-state index contributed by atoms with van der Waals surface area (Å²) in [5.41, 5.74) is 1.06. The van der Waals surface area contributed by atoms with Gasteiger partial charge in [0.15, 0.2) is 0 Å². The van der Waals surface area contributed by atoms with Crippen LogP contribution in [0.3, 0.4) is 0 Å². The molecule has 1 heterocycles. The van der Waals surface area contributed by atoms with Crippen LogP contribution in [0.4, 0.5) is 4.39 Å². The number of hydrogen-bond donors (Lipinski definition) is 2. The lowest BCUT2D eigenvalue weighted by Gasteiger charge is -2.06. The van der Waals surface area contributed by atoms with Gasteiger partial charge in [-0.1, -0.05) is 6.07 Å². The Hall–Kier alpha value is -2.50. The molecule has 0 spiro atoms. The number of phenolic OH excluding ortho intramolecular Hbond substituents is 1. The SMILES string of the molecule is O=C(CCc1cnccn1)NCc1ccc(O)cc1F. The maximum atomic E-state index is 13.4. The third-order valence-electron chi connectivity index (χ3n) is 2.74. The van der Waals surface area contributed by atoms with Crippen LogP contribution in [0.25, 0.3) is 0 Å². The number of nitrogens with zero attached hydrogens (tertiary/aromatic N) is 2. The van der Waals surface area contributed by atoms with Crippen molar-refractivity contribution in [2.45, 2.75) is 19.4 Å². The predicted octanol–water partition coefficient (Wildman–Crippen LogP) is 1.57. The van der Waals surface area contributed by atoms with Gasteiger partial charge < -0.3 is 10.4 Å². The molecule has 1 aromatic heterocycles.